The second-order valence-corrected chi connectivity index (χ2v) is 9.11. The number of carbonyl (C=O) groups is 1. The molecule has 0 saturated heterocycles. The number of rotatable bonds is 6. The molecule has 0 fully saturated rings. The lowest BCUT2D eigenvalue weighted by molar-refractivity contribution is 0.0997. The Morgan fingerprint density at radius 1 is 1.03 bits per heavy atom. The molecule has 0 unspecified atom stereocenters. The molecule has 35 heavy (non-hydrogen) atoms. The van der Waals surface area contributed by atoms with E-state index in [2.05, 4.69) is 55.0 Å². The number of aryl methyl sites for hydroxylation is 2. The van der Waals surface area contributed by atoms with E-state index in [9.17, 15) is 4.79 Å². The van der Waals surface area contributed by atoms with E-state index in [0.29, 0.717) is 22.7 Å². The largest absolute Gasteiger partial charge is 0.279 e. The topological polar surface area (TPSA) is 102 Å². The molecule has 1 N–H and O–H groups in total. The Labute approximate surface area is 206 Å². The lowest BCUT2D eigenvalue weighted by atomic mass is 9.98. The van der Waals surface area contributed by atoms with Gasteiger partial charge in [-0.15, -0.1) is 5.10 Å². The van der Waals surface area contributed by atoms with Gasteiger partial charge >= 0.3 is 0 Å². The highest BCUT2D eigenvalue weighted by Gasteiger charge is 2.11. The third-order valence-corrected chi connectivity index (χ3v) is 6.64. The molecule has 5 aromatic rings. The van der Waals surface area contributed by atoms with Crippen molar-refractivity contribution in [1.29, 1.82) is 0 Å². The number of benzene rings is 3. The first-order chi connectivity index (χ1) is 17.1. The lowest BCUT2D eigenvalue weighted by Gasteiger charge is -2.08. The molecule has 0 bridgehead atoms. The summed E-state index contributed by atoms with van der Waals surface area (Å²) in [5, 5.41) is 19.9. The molecule has 0 saturated carbocycles. The fourth-order valence-corrected chi connectivity index (χ4v) is 4.62. The summed E-state index contributed by atoms with van der Waals surface area (Å²) in [6, 6.07) is 23.7. The first-order valence-electron chi connectivity index (χ1n) is 11.3. The maximum absolute atomic E-state index is 12.8. The number of nitrogens with one attached hydrogen (secondary N) is 1. The number of aromatic amines is 1. The van der Waals surface area contributed by atoms with Gasteiger partial charge < -0.3 is 0 Å². The van der Waals surface area contributed by atoms with Gasteiger partial charge in [0.1, 0.15) is 5.01 Å². The molecule has 1 amide bonds. The standard InChI is InChI=1S/C26H23N7OS/c1-3-23-30-33(26(35-23)27-25(34)20-8-6-7-17(2)15-20)16-18-11-13-19(14-12-18)21-9-4-5-10-22(21)24-28-31-32-29-24/h4-15H,3,16H2,1-2H3,(H,28,29,31,32). The summed E-state index contributed by atoms with van der Waals surface area (Å²) >= 11 is 1.45. The molecule has 0 aliphatic carbocycles. The minimum atomic E-state index is -0.261. The van der Waals surface area contributed by atoms with Crippen LogP contribution in [0, 0.1) is 6.92 Å². The molecule has 0 atom stereocenters. The maximum Gasteiger partial charge on any atom is 0.279 e. The van der Waals surface area contributed by atoms with Gasteiger partial charge in [0, 0.05) is 11.1 Å². The SMILES string of the molecule is CCc1nn(Cc2ccc(-c3ccccc3-c3nnn[nH]3)cc2)c(=NC(=O)c2cccc(C)c2)s1. The van der Waals surface area contributed by atoms with Crippen LogP contribution in [-0.2, 0) is 13.0 Å². The Bertz CT molecular complexity index is 1530. The number of carbonyl (C=O) groups excluding carboxylic acids is 1. The highest BCUT2D eigenvalue weighted by molar-refractivity contribution is 7.08. The molecule has 2 aromatic heterocycles. The van der Waals surface area contributed by atoms with Gasteiger partial charge in [0.2, 0.25) is 4.80 Å². The average molecular weight is 482 g/mol. The van der Waals surface area contributed by atoms with Crippen LogP contribution in [-0.4, -0.2) is 36.3 Å². The Hall–Kier alpha value is -4.24. The summed E-state index contributed by atoms with van der Waals surface area (Å²) in [6.45, 7) is 4.53. The predicted octanol–water partition coefficient (Wildman–Crippen LogP) is 4.45. The molecule has 9 heteroatoms. The van der Waals surface area contributed by atoms with Crippen molar-refractivity contribution in [3.8, 4) is 22.5 Å². The summed E-state index contributed by atoms with van der Waals surface area (Å²) < 4.78 is 1.81. The molecule has 5 rings (SSSR count). The van der Waals surface area contributed by atoms with Crippen LogP contribution < -0.4 is 4.80 Å². The fourth-order valence-electron chi connectivity index (χ4n) is 3.79. The van der Waals surface area contributed by atoms with Crippen molar-refractivity contribution in [3.63, 3.8) is 0 Å². The van der Waals surface area contributed by atoms with E-state index in [0.717, 1.165) is 39.2 Å². The normalized spacial score (nSPS) is 11.7. The molecule has 174 valence electrons. The van der Waals surface area contributed by atoms with Gasteiger partial charge in [-0.3, -0.25) is 4.79 Å². The maximum atomic E-state index is 12.8. The summed E-state index contributed by atoms with van der Waals surface area (Å²) in [6.07, 6.45) is 0.783. The Balaban J connectivity index is 1.43. The van der Waals surface area contributed by atoms with Gasteiger partial charge in [-0.25, -0.2) is 9.78 Å². The third kappa shape index (κ3) is 4.99. The van der Waals surface area contributed by atoms with Crippen LogP contribution >= 0.6 is 11.3 Å². The Kier molecular flexibility index (Phi) is 6.40. The molecule has 0 spiro atoms. The smallest absolute Gasteiger partial charge is 0.267 e. The number of amides is 1. The molecule has 2 heterocycles. The highest BCUT2D eigenvalue weighted by Crippen LogP contribution is 2.29. The molecule has 3 aromatic carbocycles. The Morgan fingerprint density at radius 3 is 2.54 bits per heavy atom. The lowest BCUT2D eigenvalue weighted by Crippen LogP contribution is -2.19. The van der Waals surface area contributed by atoms with Crippen LogP contribution in [0.4, 0.5) is 0 Å². The third-order valence-electron chi connectivity index (χ3n) is 5.55. The van der Waals surface area contributed by atoms with E-state index in [-0.39, 0.29) is 5.91 Å². The van der Waals surface area contributed by atoms with Gasteiger partial charge in [-0.1, -0.05) is 84.5 Å². The molecular weight excluding hydrogens is 458 g/mol. The number of hydrogen-bond acceptors (Lipinski definition) is 6. The predicted molar refractivity (Wildman–Crippen MR) is 135 cm³/mol. The number of nitrogens with zero attached hydrogens (tertiary/aromatic N) is 6. The summed E-state index contributed by atoms with van der Waals surface area (Å²) in [4.78, 5) is 17.8. The van der Waals surface area contributed by atoms with Gasteiger partial charge in [-0.2, -0.15) is 10.1 Å². The molecular formula is C26H23N7OS. The van der Waals surface area contributed by atoms with Crippen molar-refractivity contribution >= 4 is 17.2 Å². The van der Waals surface area contributed by atoms with Crippen molar-refractivity contribution in [1.82, 2.24) is 30.4 Å². The summed E-state index contributed by atoms with van der Waals surface area (Å²) in [5.74, 6) is 0.363. The summed E-state index contributed by atoms with van der Waals surface area (Å²) in [7, 11) is 0. The first-order valence-corrected chi connectivity index (χ1v) is 12.1. The zero-order valence-corrected chi connectivity index (χ0v) is 20.2. The van der Waals surface area contributed by atoms with Gasteiger partial charge in [-0.05, 0) is 52.6 Å². The molecule has 0 radical (unpaired) electrons. The minimum Gasteiger partial charge on any atom is -0.267 e. The van der Waals surface area contributed by atoms with Crippen molar-refractivity contribution in [3.05, 3.63) is 99.3 Å². The van der Waals surface area contributed by atoms with Crippen LogP contribution in [0.15, 0.2) is 77.8 Å². The van der Waals surface area contributed by atoms with E-state index in [1.54, 1.807) is 10.7 Å². The number of hydrogen-bond donors (Lipinski definition) is 1. The molecule has 0 aliphatic heterocycles. The zero-order valence-electron chi connectivity index (χ0n) is 19.3. The van der Waals surface area contributed by atoms with E-state index in [1.807, 2.05) is 56.3 Å². The van der Waals surface area contributed by atoms with Gasteiger partial charge in [0.25, 0.3) is 5.91 Å². The highest BCUT2D eigenvalue weighted by atomic mass is 32.1. The van der Waals surface area contributed by atoms with Crippen LogP contribution in [0.1, 0.15) is 33.4 Å². The average Bonchev–Trinajstić information content (AvgIpc) is 3.55. The fraction of sp³-hybridized carbons (Fsp3) is 0.154. The monoisotopic (exact) mass is 481 g/mol. The van der Waals surface area contributed by atoms with Gasteiger partial charge in [0.05, 0.1) is 6.54 Å². The van der Waals surface area contributed by atoms with E-state index in [1.165, 1.54) is 11.3 Å². The summed E-state index contributed by atoms with van der Waals surface area (Å²) in [5.41, 5.74) is 5.68. The van der Waals surface area contributed by atoms with Crippen molar-refractivity contribution < 1.29 is 4.79 Å². The van der Waals surface area contributed by atoms with Crippen molar-refractivity contribution in [2.45, 2.75) is 26.8 Å². The quantitative estimate of drug-likeness (QED) is 0.386. The van der Waals surface area contributed by atoms with E-state index < -0.39 is 0 Å². The van der Waals surface area contributed by atoms with E-state index in [4.69, 9.17) is 0 Å². The number of aromatic nitrogens is 6. The van der Waals surface area contributed by atoms with Crippen molar-refractivity contribution in [2.24, 2.45) is 4.99 Å². The molecule has 8 nitrogen and oxygen atoms in total. The van der Waals surface area contributed by atoms with Crippen LogP contribution in [0.3, 0.4) is 0 Å². The Morgan fingerprint density at radius 2 is 1.83 bits per heavy atom. The molecule has 0 aliphatic rings. The van der Waals surface area contributed by atoms with Gasteiger partial charge in [0.15, 0.2) is 5.82 Å². The van der Waals surface area contributed by atoms with Crippen LogP contribution in [0.25, 0.3) is 22.5 Å². The zero-order chi connectivity index (χ0) is 24.2. The first kappa shape index (κ1) is 22.5. The number of tetrazole rings is 1. The van der Waals surface area contributed by atoms with Crippen LogP contribution in [0.2, 0.25) is 0 Å². The minimum absolute atomic E-state index is 0.261. The second-order valence-electron chi connectivity index (χ2n) is 8.07. The van der Waals surface area contributed by atoms with E-state index >= 15 is 0 Å². The van der Waals surface area contributed by atoms with Crippen LogP contribution in [0.5, 0.6) is 0 Å². The van der Waals surface area contributed by atoms with Crippen molar-refractivity contribution in [2.75, 3.05) is 0 Å². The second kappa shape index (κ2) is 9.94. The number of H-pyrrole nitrogens is 1.